The quantitative estimate of drug-likeness (QED) is 0.840. The van der Waals surface area contributed by atoms with Crippen molar-refractivity contribution < 1.29 is 9.42 Å². The number of amides is 1. The molecule has 128 valence electrons. The first kappa shape index (κ1) is 16.6. The van der Waals surface area contributed by atoms with Gasteiger partial charge >= 0.3 is 0 Å². The monoisotopic (exact) mass is 328 g/mol. The van der Waals surface area contributed by atoms with Crippen molar-refractivity contribution in [2.75, 3.05) is 26.2 Å². The van der Waals surface area contributed by atoms with Crippen molar-refractivity contribution in [1.29, 1.82) is 0 Å². The van der Waals surface area contributed by atoms with Crippen molar-refractivity contribution in [2.24, 2.45) is 0 Å². The number of aryl methyl sites for hydroxylation is 3. The molecule has 1 aromatic carbocycles. The van der Waals surface area contributed by atoms with Crippen molar-refractivity contribution in [2.45, 2.75) is 33.2 Å². The molecular weight excluding hydrogens is 304 g/mol. The Balaban J connectivity index is 1.43. The van der Waals surface area contributed by atoms with Crippen LogP contribution in [-0.4, -0.2) is 52.2 Å². The Hall–Kier alpha value is -2.21. The summed E-state index contributed by atoms with van der Waals surface area (Å²) in [5.41, 5.74) is 4.20. The van der Waals surface area contributed by atoms with Crippen molar-refractivity contribution in [3.8, 4) is 0 Å². The number of hydrogen-bond donors (Lipinski definition) is 0. The lowest BCUT2D eigenvalue weighted by molar-refractivity contribution is -0.133. The minimum atomic E-state index is 0.245. The molecule has 6 nitrogen and oxygen atoms in total. The third kappa shape index (κ3) is 4.20. The summed E-state index contributed by atoms with van der Waals surface area (Å²) in [7, 11) is 0. The van der Waals surface area contributed by atoms with Crippen LogP contribution in [0, 0.1) is 13.8 Å². The Morgan fingerprint density at radius 1 is 1.08 bits per heavy atom. The molecule has 0 unspecified atom stereocenters. The van der Waals surface area contributed by atoms with E-state index in [2.05, 4.69) is 46.4 Å². The minimum Gasteiger partial charge on any atom is -0.340 e. The molecule has 3 rings (SSSR count). The number of carbonyl (C=O) groups excluding carboxylic acids is 1. The van der Waals surface area contributed by atoms with Crippen LogP contribution in [0.4, 0.5) is 0 Å². The summed E-state index contributed by atoms with van der Waals surface area (Å²) in [4.78, 5) is 16.6. The molecule has 0 N–H and O–H groups in total. The van der Waals surface area contributed by atoms with Crippen molar-refractivity contribution >= 4 is 5.91 Å². The summed E-state index contributed by atoms with van der Waals surface area (Å²) in [5.74, 6) is 0.245. The zero-order valence-electron chi connectivity index (χ0n) is 14.4. The molecule has 1 saturated heterocycles. The maximum atomic E-state index is 12.4. The van der Waals surface area contributed by atoms with Gasteiger partial charge in [0.05, 0.1) is 0 Å². The smallest absolute Gasteiger partial charge is 0.222 e. The summed E-state index contributed by atoms with van der Waals surface area (Å²) in [5, 5.41) is 7.73. The van der Waals surface area contributed by atoms with E-state index in [1.165, 1.54) is 11.1 Å². The van der Waals surface area contributed by atoms with E-state index in [0.717, 1.165) is 50.5 Å². The molecular formula is C18H24N4O2. The SMILES string of the molecule is Cc1ccc(CCC(=O)N2CCN(Cc3nonc3C)CC2)cc1. The van der Waals surface area contributed by atoms with E-state index in [0.29, 0.717) is 6.42 Å². The second kappa shape index (κ2) is 7.57. The largest absolute Gasteiger partial charge is 0.340 e. The normalized spacial score (nSPS) is 15.7. The highest BCUT2D eigenvalue weighted by molar-refractivity contribution is 5.76. The standard InChI is InChI=1S/C18H24N4O2/c1-14-3-5-16(6-4-14)7-8-18(23)22-11-9-21(10-12-22)13-17-15(2)19-24-20-17/h3-6H,7-13H2,1-2H3. The zero-order valence-corrected chi connectivity index (χ0v) is 14.4. The number of aromatic nitrogens is 2. The van der Waals surface area contributed by atoms with Crippen molar-refractivity contribution in [3.05, 3.63) is 46.8 Å². The molecule has 0 spiro atoms. The highest BCUT2D eigenvalue weighted by Gasteiger charge is 2.22. The van der Waals surface area contributed by atoms with Gasteiger partial charge in [0.15, 0.2) is 0 Å². The molecule has 1 fully saturated rings. The topological polar surface area (TPSA) is 62.5 Å². The van der Waals surface area contributed by atoms with Crippen LogP contribution in [0.1, 0.15) is 28.9 Å². The Labute approximate surface area is 142 Å². The number of hydrogen-bond acceptors (Lipinski definition) is 5. The Bertz CT molecular complexity index is 673. The van der Waals surface area contributed by atoms with Gasteiger partial charge in [0.1, 0.15) is 11.4 Å². The van der Waals surface area contributed by atoms with Crippen LogP contribution in [0.25, 0.3) is 0 Å². The van der Waals surface area contributed by atoms with Crippen molar-refractivity contribution in [1.82, 2.24) is 20.1 Å². The number of piperazine rings is 1. The fraction of sp³-hybridized carbons (Fsp3) is 0.500. The van der Waals surface area contributed by atoms with Crippen LogP contribution < -0.4 is 0 Å². The van der Waals surface area contributed by atoms with Crippen LogP contribution in [0.3, 0.4) is 0 Å². The first-order valence-corrected chi connectivity index (χ1v) is 8.45. The molecule has 0 atom stereocenters. The third-order valence-corrected chi connectivity index (χ3v) is 4.59. The van der Waals surface area contributed by atoms with Crippen molar-refractivity contribution in [3.63, 3.8) is 0 Å². The first-order valence-electron chi connectivity index (χ1n) is 8.45. The van der Waals surface area contributed by atoms with E-state index in [1.54, 1.807) is 0 Å². The number of rotatable bonds is 5. The average molecular weight is 328 g/mol. The molecule has 6 heteroatoms. The second-order valence-electron chi connectivity index (χ2n) is 6.44. The van der Waals surface area contributed by atoms with Gasteiger partial charge in [-0.2, -0.15) is 0 Å². The summed E-state index contributed by atoms with van der Waals surface area (Å²) < 4.78 is 4.74. The van der Waals surface area contributed by atoms with Crippen LogP contribution in [0.2, 0.25) is 0 Å². The summed E-state index contributed by atoms with van der Waals surface area (Å²) in [6.07, 6.45) is 1.39. The van der Waals surface area contributed by atoms with E-state index in [-0.39, 0.29) is 5.91 Å². The summed E-state index contributed by atoms with van der Waals surface area (Å²) in [6, 6.07) is 8.41. The van der Waals surface area contributed by atoms with E-state index in [4.69, 9.17) is 4.63 Å². The molecule has 24 heavy (non-hydrogen) atoms. The van der Waals surface area contributed by atoms with Gasteiger partial charge in [0.25, 0.3) is 0 Å². The lowest BCUT2D eigenvalue weighted by Gasteiger charge is -2.34. The van der Waals surface area contributed by atoms with E-state index >= 15 is 0 Å². The van der Waals surface area contributed by atoms with Crippen LogP contribution in [0.5, 0.6) is 0 Å². The summed E-state index contributed by atoms with van der Waals surface area (Å²) >= 11 is 0. The van der Waals surface area contributed by atoms with Gasteiger partial charge in [-0.05, 0) is 25.8 Å². The highest BCUT2D eigenvalue weighted by Crippen LogP contribution is 2.11. The number of nitrogens with zero attached hydrogens (tertiary/aromatic N) is 4. The van der Waals surface area contributed by atoms with E-state index in [1.807, 2.05) is 11.8 Å². The van der Waals surface area contributed by atoms with Gasteiger partial charge in [0, 0.05) is 39.1 Å². The van der Waals surface area contributed by atoms with Crippen LogP contribution in [0.15, 0.2) is 28.9 Å². The number of benzene rings is 1. The van der Waals surface area contributed by atoms with Crippen LogP contribution in [-0.2, 0) is 17.8 Å². The Kier molecular flexibility index (Phi) is 5.25. The third-order valence-electron chi connectivity index (χ3n) is 4.59. The molecule has 0 saturated carbocycles. The number of carbonyl (C=O) groups is 1. The molecule has 1 amide bonds. The molecule has 2 heterocycles. The highest BCUT2D eigenvalue weighted by atomic mass is 16.6. The van der Waals surface area contributed by atoms with Gasteiger partial charge in [-0.25, -0.2) is 4.63 Å². The van der Waals surface area contributed by atoms with Crippen LogP contribution >= 0.6 is 0 Å². The van der Waals surface area contributed by atoms with Gasteiger partial charge < -0.3 is 4.90 Å². The average Bonchev–Trinajstić information content (AvgIpc) is 3.00. The van der Waals surface area contributed by atoms with E-state index in [9.17, 15) is 4.79 Å². The Morgan fingerprint density at radius 3 is 2.42 bits per heavy atom. The van der Waals surface area contributed by atoms with Gasteiger partial charge in [0.2, 0.25) is 5.91 Å². The molecule has 0 bridgehead atoms. The zero-order chi connectivity index (χ0) is 16.9. The molecule has 0 radical (unpaired) electrons. The molecule has 2 aromatic rings. The predicted molar refractivity (Wildman–Crippen MR) is 90.4 cm³/mol. The fourth-order valence-corrected chi connectivity index (χ4v) is 2.92. The molecule has 1 aromatic heterocycles. The maximum Gasteiger partial charge on any atom is 0.222 e. The second-order valence-corrected chi connectivity index (χ2v) is 6.44. The molecule has 1 aliphatic heterocycles. The first-order chi connectivity index (χ1) is 11.6. The minimum absolute atomic E-state index is 0.245. The van der Waals surface area contributed by atoms with E-state index < -0.39 is 0 Å². The fourth-order valence-electron chi connectivity index (χ4n) is 2.92. The van der Waals surface area contributed by atoms with Gasteiger partial charge in [-0.15, -0.1) is 0 Å². The lowest BCUT2D eigenvalue weighted by atomic mass is 10.1. The molecule has 1 aliphatic rings. The summed E-state index contributed by atoms with van der Waals surface area (Å²) in [6.45, 7) is 7.99. The van der Waals surface area contributed by atoms with Gasteiger partial charge in [-0.1, -0.05) is 40.1 Å². The van der Waals surface area contributed by atoms with Gasteiger partial charge in [-0.3, -0.25) is 9.69 Å². The maximum absolute atomic E-state index is 12.4. The lowest BCUT2D eigenvalue weighted by Crippen LogP contribution is -2.48. The predicted octanol–water partition coefficient (Wildman–Crippen LogP) is 1.96. The molecule has 0 aliphatic carbocycles. The Morgan fingerprint density at radius 2 is 1.79 bits per heavy atom.